The summed E-state index contributed by atoms with van der Waals surface area (Å²) in [6.07, 6.45) is 19.3. The number of nitrogens with zero attached hydrogens (tertiary/aromatic N) is 2. The number of hydrogen-bond acceptors (Lipinski definition) is 2. The molecule has 0 rings (SSSR count). The van der Waals surface area contributed by atoms with Crippen molar-refractivity contribution in [2.24, 2.45) is 0 Å². The minimum atomic E-state index is 0.263. The van der Waals surface area contributed by atoms with E-state index >= 15 is 0 Å². The molecule has 0 aliphatic rings. The van der Waals surface area contributed by atoms with Crippen LogP contribution < -0.4 is 0 Å². The SMILES string of the molecule is CCCCCCCCCC(=O)N(C)C.CCCCCCCCCC(=O)N(C)C. The summed E-state index contributed by atoms with van der Waals surface area (Å²) >= 11 is 0. The van der Waals surface area contributed by atoms with Crippen LogP contribution in [0.25, 0.3) is 0 Å². The molecule has 0 aromatic rings. The lowest BCUT2D eigenvalue weighted by atomic mass is 10.1. The Morgan fingerprint density at radius 3 is 0.964 bits per heavy atom. The summed E-state index contributed by atoms with van der Waals surface area (Å²) in [7, 11) is 7.29. The number of carbonyl (C=O) groups excluding carboxylic acids is 2. The van der Waals surface area contributed by atoms with Crippen LogP contribution in [-0.4, -0.2) is 49.8 Å². The molecule has 28 heavy (non-hydrogen) atoms. The van der Waals surface area contributed by atoms with Crippen LogP contribution in [0.4, 0.5) is 0 Å². The van der Waals surface area contributed by atoms with Crippen molar-refractivity contribution >= 4 is 11.8 Å². The largest absolute Gasteiger partial charge is 0.349 e. The van der Waals surface area contributed by atoms with Crippen LogP contribution in [0.1, 0.15) is 117 Å². The van der Waals surface area contributed by atoms with Gasteiger partial charge < -0.3 is 9.80 Å². The maximum absolute atomic E-state index is 11.2. The Bertz CT molecular complexity index is 321. The molecular formula is C24H50N2O2. The van der Waals surface area contributed by atoms with E-state index in [1.807, 2.05) is 28.2 Å². The highest BCUT2D eigenvalue weighted by Crippen LogP contribution is 2.09. The van der Waals surface area contributed by atoms with Crippen molar-refractivity contribution in [3.8, 4) is 0 Å². The minimum absolute atomic E-state index is 0.263. The van der Waals surface area contributed by atoms with Gasteiger partial charge in [-0.1, -0.05) is 90.9 Å². The van der Waals surface area contributed by atoms with E-state index in [-0.39, 0.29) is 11.8 Å². The molecule has 0 saturated heterocycles. The van der Waals surface area contributed by atoms with E-state index in [9.17, 15) is 9.59 Å². The number of carbonyl (C=O) groups is 2. The van der Waals surface area contributed by atoms with Crippen LogP contribution in [0, 0.1) is 0 Å². The molecule has 0 saturated carbocycles. The summed E-state index contributed by atoms with van der Waals surface area (Å²) in [6, 6.07) is 0. The van der Waals surface area contributed by atoms with Crippen LogP contribution in [0.2, 0.25) is 0 Å². The van der Waals surface area contributed by atoms with Crippen molar-refractivity contribution in [1.29, 1.82) is 0 Å². The Labute approximate surface area is 176 Å². The number of amides is 2. The molecule has 0 unspecified atom stereocenters. The zero-order valence-electron chi connectivity index (χ0n) is 20.0. The van der Waals surface area contributed by atoms with E-state index in [0.717, 1.165) is 25.7 Å². The average Bonchev–Trinajstić information content (AvgIpc) is 2.66. The molecule has 0 atom stereocenters. The molecule has 0 N–H and O–H groups in total. The van der Waals surface area contributed by atoms with Gasteiger partial charge in [0.15, 0.2) is 0 Å². The molecule has 0 aliphatic carbocycles. The first-order valence-electron chi connectivity index (χ1n) is 11.8. The lowest BCUT2D eigenvalue weighted by molar-refractivity contribution is -0.129. The first kappa shape index (κ1) is 29.1. The highest BCUT2D eigenvalue weighted by Gasteiger charge is 2.03. The van der Waals surface area contributed by atoms with Gasteiger partial charge in [-0.25, -0.2) is 0 Å². The minimum Gasteiger partial charge on any atom is -0.349 e. The van der Waals surface area contributed by atoms with Gasteiger partial charge in [-0.2, -0.15) is 0 Å². The summed E-state index contributed by atoms with van der Waals surface area (Å²) in [5, 5.41) is 0. The second-order valence-electron chi connectivity index (χ2n) is 8.32. The molecular weight excluding hydrogens is 348 g/mol. The maximum Gasteiger partial charge on any atom is 0.222 e. The molecule has 168 valence electrons. The fourth-order valence-electron chi connectivity index (χ4n) is 2.91. The Balaban J connectivity index is 0. The molecule has 2 amide bonds. The Hall–Kier alpha value is -1.06. The van der Waals surface area contributed by atoms with Gasteiger partial charge in [0.05, 0.1) is 0 Å². The van der Waals surface area contributed by atoms with Gasteiger partial charge in [0.2, 0.25) is 11.8 Å². The molecule has 0 heterocycles. The van der Waals surface area contributed by atoms with Crippen LogP contribution in [0.3, 0.4) is 0 Å². The van der Waals surface area contributed by atoms with Crippen LogP contribution >= 0.6 is 0 Å². The molecule has 0 aliphatic heterocycles. The number of unbranched alkanes of at least 4 members (excludes halogenated alkanes) is 12. The third kappa shape index (κ3) is 23.0. The molecule has 4 nitrogen and oxygen atoms in total. The number of hydrogen-bond donors (Lipinski definition) is 0. The van der Waals surface area contributed by atoms with Gasteiger partial charge in [0, 0.05) is 41.0 Å². The van der Waals surface area contributed by atoms with Gasteiger partial charge in [0.1, 0.15) is 0 Å². The van der Waals surface area contributed by atoms with Crippen molar-refractivity contribution in [3.63, 3.8) is 0 Å². The van der Waals surface area contributed by atoms with E-state index < -0.39 is 0 Å². The smallest absolute Gasteiger partial charge is 0.222 e. The molecule has 0 fully saturated rings. The van der Waals surface area contributed by atoms with Gasteiger partial charge in [-0.15, -0.1) is 0 Å². The predicted molar refractivity (Wildman–Crippen MR) is 123 cm³/mol. The fourth-order valence-corrected chi connectivity index (χ4v) is 2.91. The zero-order chi connectivity index (χ0) is 21.6. The standard InChI is InChI=1S/2C12H25NO/c2*1-4-5-6-7-8-9-10-11-12(14)13(2)3/h2*4-11H2,1-3H3. The van der Waals surface area contributed by atoms with Crippen LogP contribution in [0.15, 0.2) is 0 Å². The highest BCUT2D eigenvalue weighted by atomic mass is 16.2. The van der Waals surface area contributed by atoms with E-state index in [4.69, 9.17) is 0 Å². The van der Waals surface area contributed by atoms with E-state index in [0.29, 0.717) is 0 Å². The van der Waals surface area contributed by atoms with E-state index in [2.05, 4.69) is 13.8 Å². The monoisotopic (exact) mass is 398 g/mol. The van der Waals surface area contributed by atoms with Crippen LogP contribution in [-0.2, 0) is 9.59 Å². The van der Waals surface area contributed by atoms with Gasteiger partial charge in [-0.05, 0) is 12.8 Å². The number of rotatable bonds is 16. The molecule has 0 spiro atoms. The summed E-state index contributed by atoms with van der Waals surface area (Å²) in [6.45, 7) is 4.46. The Morgan fingerprint density at radius 1 is 0.464 bits per heavy atom. The zero-order valence-corrected chi connectivity index (χ0v) is 20.0. The summed E-state index contributed by atoms with van der Waals surface area (Å²) in [4.78, 5) is 25.8. The normalized spacial score (nSPS) is 10.2. The lowest BCUT2D eigenvalue weighted by Gasteiger charge is -2.09. The second-order valence-corrected chi connectivity index (χ2v) is 8.32. The molecule has 0 radical (unpaired) electrons. The van der Waals surface area contributed by atoms with Crippen molar-refractivity contribution in [1.82, 2.24) is 9.80 Å². The quantitative estimate of drug-likeness (QED) is 0.281. The van der Waals surface area contributed by atoms with Gasteiger partial charge in [0.25, 0.3) is 0 Å². The van der Waals surface area contributed by atoms with Crippen molar-refractivity contribution in [2.75, 3.05) is 28.2 Å². The Morgan fingerprint density at radius 2 is 0.714 bits per heavy atom. The first-order valence-corrected chi connectivity index (χ1v) is 11.8. The third-order valence-corrected chi connectivity index (χ3v) is 4.99. The molecule has 4 heteroatoms. The maximum atomic E-state index is 11.2. The molecule has 0 aromatic heterocycles. The molecule has 0 bridgehead atoms. The van der Waals surface area contributed by atoms with Crippen molar-refractivity contribution in [2.45, 2.75) is 117 Å². The fraction of sp³-hybridized carbons (Fsp3) is 0.917. The first-order chi connectivity index (χ1) is 13.4. The lowest BCUT2D eigenvalue weighted by Crippen LogP contribution is -2.20. The second kappa shape index (κ2) is 22.2. The highest BCUT2D eigenvalue weighted by molar-refractivity contribution is 5.75. The summed E-state index contributed by atoms with van der Waals surface area (Å²) in [5.41, 5.74) is 0. The van der Waals surface area contributed by atoms with E-state index in [1.54, 1.807) is 9.80 Å². The third-order valence-electron chi connectivity index (χ3n) is 4.99. The predicted octanol–water partition coefficient (Wildman–Crippen LogP) is 6.43. The summed E-state index contributed by atoms with van der Waals surface area (Å²) < 4.78 is 0. The van der Waals surface area contributed by atoms with Gasteiger partial charge in [-0.3, -0.25) is 9.59 Å². The van der Waals surface area contributed by atoms with Crippen molar-refractivity contribution < 1.29 is 9.59 Å². The van der Waals surface area contributed by atoms with Crippen molar-refractivity contribution in [3.05, 3.63) is 0 Å². The van der Waals surface area contributed by atoms with Gasteiger partial charge >= 0.3 is 0 Å². The Kier molecular flexibility index (Phi) is 23.1. The molecule has 0 aromatic carbocycles. The summed E-state index contributed by atoms with van der Waals surface area (Å²) in [5.74, 6) is 0.525. The van der Waals surface area contributed by atoms with E-state index in [1.165, 1.54) is 77.0 Å². The average molecular weight is 399 g/mol. The topological polar surface area (TPSA) is 40.6 Å². The van der Waals surface area contributed by atoms with Crippen LogP contribution in [0.5, 0.6) is 0 Å².